The number of nitrogens with zero attached hydrogens (tertiary/aromatic N) is 1. The Morgan fingerprint density at radius 2 is 2.23 bits per heavy atom. The van der Waals surface area contributed by atoms with Crippen LogP contribution < -0.4 is 21.1 Å². The first-order chi connectivity index (χ1) is 12.6. The van der Waals surface area contributed by atoms with Gasteiger partial charge in [0.05, 0.1) is 12.3 Å². The smallest absolute Gasteiger partial charge is 0.329 e. The van der Waals surface area contributed by atoms with Crippen molar-refractivity contribution >= 4 is 23.9 Å². The van der Waals surface area contributed by atoms with Crippen LogP contribution in [0.5, 0.6) is 0 Å². The van der Waals surface area contributed by atoms with Crippen molar-refractivity contribution in [3.63, 3.8) is 0 Å². The molecule has 26 heavy (non-hydrogen) atoms. The molecule has 0 aromatic carbocycles. The number of aliphatic imine (C=N–C) groups is 1. The Morgan fingerprint density at radius 1 is 1.38 bits per heavy atom. The van der Waals surface area contributed by atoms with Crippen LogP contribution in [0.1, 0.15) is 39.5 Å². The molecule has 0 saturated heterocycles. The average Bonchev–Trinajstić information content (AvgIpc) is 3.12. The number of ether oxygens (including phenoxy) is 1. The van der Waals surface area contributed by atoms with Crippen LogP contribution in [0.25, 0.3) is 0 Å². The number of dihydropyridines is 1. The summed E-state index contributed by atoms with van der Waals surface area (Å²) in [6, 6.07) is -0.277. The Kier molecular flexibility index (Phi) is 6.13. The van der Waals surface area contributed by atoms with Gasteiger partial charge in [-0.25, -0.2) is 4.79 Å². The lowest BCUT2D eigenvalue weighted by atomic mass is 9.97. The lowest BCUT2D eigenvalue weighted by Gasteiger charge is -2.27. The molecule has 3 rings (SSSR count). The summed E-state index contributed by atoms with van der Waals surface area (Å²) >= 11 is 1.12. The van der Waals surface area contributed by atoms with Gasteiger partial charge < -0.3 is 21.1 Å². The minimum Gasteiger partial charge on any atom is -0.477 e. The summed E-state index contributed by atoms with van der Waals surface area (Å²) in [5.41, 5.74) is 10.4. The first-order valence-corrected chi connectivity index (χ1v) is 9.94. The van der Waals surface area contributed by atoms with Gasteiger partial charge in [0, 0.05) is 31.4 Å². The summed E-state index contributed by atoms with van der Waals surface area (Å²) in [6.07, 6.45) is 5.59. The fourth-order valence-electron chi connectivity index (χ4n) is 3.39. The highest BCUT2D eigenvalue weighted by atomic mass is 32.2. The Balaban J connectivity index is 1.65. The second-order valence-electron chi connectivity index (χ2n) is 6.81. The molecule has 0 unspecified atom stereocenters. The summed E-state index contributed by atoms with van der Waals surface area (Å²) in [4.78, 5) is 17.4. The van der Waals surface area contributed by atoms with Crippen LogP contribution in [0.3, 0.4) is 0 Å². The number of allylic oxidation sites excluding steroid dienone is 2. The third-order valence-corrected chi connectivity index (χ3v) is 5.44. The largest absolute Gasteiger partial charge is 0.477 e. The molecule has 2 heterocycles. The fraction of sp³-hybridized carbons (Fsp3) is 0.556. The van der Waals surface area contributed by atoms with Gasteiger partial charge in [-0.15, -0.1) is 0 Å². The number of amides is 2. The van der Waals surface area contributed by atoms with Crippen LogP contribution in [0.4, 0.5) is 4.79 Å². The predicted molar refractivity (Wildman–Crippen MR) is 105 cm³/mol. The lowest BCUT2D eigenvalue weighted by molar-refractivity contribution is 0.248. The van der Waals surface area contributed by atoms with Crippen molar-refractivity contribution in [2.45, 2.75) is 39.5 Å². The highest BCUT2D eigenvalue weighted by Gasteiger charge is 2.27. The predicted octanol–water partition coefficient (Wildman–Crippen LogP) is 2.50. The maximum absolute atomic E-state index is 12.5. The number of carbonyl (C=O) groups excluding carboxylic acids is 1. The second kappa shape index (κ2) is 8.53. The first kappa shape index (κ1) is 18.7. The van der Waals surface area contributed by atoms with Gasteiger partial charge in [0.15, 0.2) is 0 Å². The molecule has 3 aliphatic rings. The summed E-state index contributed by atoms with van der Waals surface area (Å²) in [5, 5.41) is 6.52. The van der Waals surface area contributed by atoms with Crippen LogP contribution in [0.2, 0.25) is 0 Å². The van der Waals surface area contributed by atoms with Gasteiger partial charge in [0.25, 0.3) is 0 Å². The third-order valence-electron chi connectivity index (χ3n) is 4.62. The van der Waals surface area contributed by atoms with E-state index in [9.17, 15) is 4.79 Å². The van der Waals surface area contributed by atoms with Crippen molar-refractivity contribution in [1.29, 1.82) is 0 Å². The molecule has 8 heteroatoms. The normalized spacial score (nSPS) is 20.4. The number of urea groups is 1. The van der Waals surface area contributed by atoms with Crippen LogP contribution >= 0.6 is 11.9 Å². The SMILES string of the molecule is CC(C)C1=C(NC(=O)NS/C(=C/N)C2=NCCCO2)C2=C(CCC2)CN1. The standard InChI is InChI=1S/C18H27N5O2S/c1-11(2)15-16(13-6-3-5-12(13)10-21-15)22-18(24)23-26-14(9-19)17-20-7-4-8-25-17/h9,11,21H,3-8,10,19H2,1-2H3,(H2,22,23,24)/b14-9+. The minimum atomic E-state index is -0.277. The maximum Gasteiger partial charge on any atom is 0.329 e. The van der Waals surface area contributed by atoms with E-state index in [4.69, 9.17) is 10.5 Å². The summed E-state index contributed by atoms with van der Waals surface area (Å²) < 4.78 is 8.29. The van der Waals surface area contributed by atoms with Crippen molar-refractivity contribution < 1.29 is 9.53 Å². The van der Waals surface area contributed by atoms with Crippen molar-refractivity contribution in [2.24, 2.45) is 16.6 Å². The zero-order valence-electron chi connectivity index (χ0n) is 15.4. The Bertz CT molecular complexity index is 694. The molecule has 7 nitrogen and oxygen atoms in total. The van der Waals surface area contributed by atoms with E-state index in [2.05, 4.69) is 34.2 Å². The van der Waals surface area contributed by atoms with E-state index in [1.807, 2.05) is 0 Å². The molecular formula is C18H27N5O2S. The average molecular weight is 378 g/mol. The van der Waals surface area contributed by atoms with E-state index in [-0.39, 0.29) is 6.03 Å². The van der Waals surface area contributed by atoms with E-state index in [0.717, 1.165) is 55.6 Å². The van der Waals surface area contributed by atoms with Crippen molar-refractivity contribution in [3.05, 3.63) is 33.6 Å². The van der Waals surface area contributed by atoms with Gasteiger partial charge in [0.1, 0.15) is 4.91 Å². The van der Waals surface area contributed by atoms with Crippen LogP contribution in [-0.4, -0.2) is 31.6 Å². The molecule has 0 aromatic rings. The van der Waals surface area contributed by atoms with E-state index >= 15 is 0 Å². The Hall–Kier alpha value is -2.09. The number of nitrogens with one attached hydrogen (secondary N) is 3. The minimum absolute atomic E-state index is 0.277. The monoisotopic (exact) mass is 377 g/mol. The third kappa shape index (κ3) is 4.17. The molecule has 0 atom stereocenters. The number of carbonyl (C=O) groups is 1. The summed E-state index contributed by atoms with van der Waals surface area (Å²) in [5.74, 6) is 0.809. The molecule has 0 spiro atoms. The van der Waals surface area contributed by atoms with Crippen molar-refractivity contribution in [1.82, 2.24) is 15.4 Å². The van der Waals surface area contributed by atoms with Crippen molar-refractivity contribution in [3.8, 4) is 0 Å². The molecular weight excluding hydrogens is 350 g/mol. The maximum atomic E-state index is 12.5. The van der Waals surface area contributed by atoms with Gasteiger partial charge in [-0.2, -0.15) is 0 Å². The molecule has 1 aliphatic carbocycles. The summed E-state index contributed by atoms with van der Waals surface area (Å²) in [6.45, 7) is 6.49. The number of nitrogens with two attached hydrogens (primary N) is 1. The molecule has 0 aromatic heterocycles. The number of hydrogen-bond acceptors (Lipinski definition) is 6. The number of hydrogen-bond donors (Lipinski definition) is 4. The Labute approximate surface area is 158 Å². The second-order valence-corrected chi connectivity index (χ2v) is 7.66. The molecule has 0 radical (unpaired) electrons. The van der Waals surface area contributed by atoms with Crippen LogP contribution in [0, 0.1) is 5.92 Å². The van der Waals surface area contributed by atoms with E-state index in [1.54, 1.807) is 0 Å². The highest BCUT2D eigenvalue weighted by Crippen LogP contribution is 2.35. The lowest BCUT2D eigenvalue weighted by Crippen LogP contribution is -2.38. The first-order valence-electron chi connectivity index (χ1n) is 9.12. The van der Waals surface area contributed by atoms with Crippen molar-refractivity contribution in [2.75, 3.05) is 19.7 Å². The molecule has 2 amide bonds. The Morgan fingerprint density at radius 3 is 2.92 bits per heavy atom. The molecule has 0 bridgehead atoms. The van der Waals surface area contributed by atoms with E-state index in [0.29, 0.717) is 29.9 Å². The zero-order valence-corrected chi connectivity index (χ0v) is 16.2. The van der Waals surface area contributed by atoms with E-state index in [1.165, 1.54) is 17.3 Å². The highest BCUT2D eigenvalue weighted by molar-refractivity contribution is 8.02. The zero-order chi connectivity index (χ0) is 18.5. The molecule has 142 valence electrons. The van der Waals surface area contributed by atoms with E-state index < -0.39 is 0 Å². The van der Waals surface area contributed by atoms with Gasteiger partial charge in [0.2, 0.25) is 5.90 Å². The molecule has 0 fully saturated rings. The fourth-order valence-corrected chi connectivity index (χ4v) is 3.92. The quantitative estimate of drug-likeness (QED) is 0.552. The van der Waals surface area contributed by atoms with Crippen LogP contribution in [0.15, 0.2) is 38.6 Å². The van der Waals surface area contributed by atoms with Gasteiger partial charge in [-0.3, -0.25) is 9.71 Å². The van der Waals surface area contributed by atoms with Crippen LogP contribution in [-0.2, 0) is 4.74 Å². The molecule has 5 N–H and O–H groups in total. The summed E-state index contributed by atoms with van der Waals surface area (Å²) in [7, 11) is 0. The molecule has 2 aliphatic heterocycles. The van der Waals surface area contributed by atoms with Gasteiger partial charge in [-0.05, 0) is 48.3 Å². The van der Waals surface area contributed by atoms with Gasteiger partial charge in [-0.1, -0.05) is 13.8 Å². The number of rotatable bonds is 5. The van der Waals surface area contributed by atoms with Gasteiger partial charge >= 0.3 is 6.03 Å². The molecule has 0 saturated carbocycles. The topological polar surface area (TPSA) is 101 Å².